The van der Waals surface area contributed by atoms with Crippen LogP contribution in [0.5, 0.6) is 5.88 Å². The summed E-state index contributed by atoms with van der Waals surface area (Å²) in [7, 11) is 1.51. The van der Waals surface area contributed by atoms with E-state index in [9.17, 15) is 8.78 Å². The lowest BCUT2D eigenvalue weighted by atomic mass is 10.1. The van der Waals surface area contributed by atoms with Gasteiger partial charge in [-0.2, -0.15) is 13.9 Å². The molecule has 0 atom stereocenters. The van der Waals surface area contributed by atoms with E-state index in [4.69, 9.17) is 16.0 Å². The first-order valence-corrected chi connectivity index (χ1v) is 7.29. The number of benzene rings is 1. The minimum Gasteiger partial charge on any atom is -0.439 e. The largest absolute Gasteiger partial charge is 0.439 e. The van der Waals surface area contributed by atoms with Gasteiger partial charge < -0.3 is 9.15 Å². The summed E-state index contributed by atoms with van der Waals surface area (Å²) in [6.07, 6.45) is 0. The maximum absolute atomic E-state index is 12.5. The molecule has 0 saturated heterocycles. The molecule has 5 nitrogen and oxygen atoms in total. The van der Waals surface area contributed by atoms with Gasteiger partial charge in [-0.1, -0.05) is 11.6 Å². The molecule has 0 amide bonds. The van der Waals surface area contributed by atoms with E-state index in [1.807, 2.05) is 0 Å². The molecule has 0 N–H and O–H groups in total. The highest BCUT2D eigenvalue weighted by atomic mass is 79.9. The van der Waals surface area contributed by atoms with Crippen molar-refractivity contribution < 1.29 is 17.9 Å². The van der Waals surface area contributed by atoms with E-state index in [2.05, 4.69) is 30.7 Å². The Morgan fingerprint density at radius 1 is 1.41 bits per heavy atom. The lowest BCUT2D eigenvalue weighted by Crippen LogP contribution is -2.06. The predicted octanol–water partition coefficient (Wildman–Crippen LogP) is 4.55. The average Bonchev–Trinajstić information content (AvgIpc) is 2.95. The van der Waals surface area contributed by atoms with Crippen molar-refractivity contribution in [1.82, 2.24) is 14.8 Å². The average molecular weight is 393 g/mol. The molecular formula is C13H9BrClF2N3O2. The molecule has 0 aliphatic rings. The minimum atomic E-state index is -2.95. The molecule has 1 aromatic carbocycles. The van der Waals surface area contributed by atoms with Crippen LogP contribution in [-0.2, 0) is 7.05 Å². The van der Waals surface area contributed by atoms with Crippen molar-refractivity contribution >= 4 is 38.6 Å². The molecule has 3 aromatic rings. The molecular weight excluding hydrogens is 384 g/mol. The van der Waals surface area contributed by atoms with Gasteiger partial charge in [0.15, 0.2) is 11.5 Å². The molecule has 0 bridgehead atoms. The van der Waals surface area contributed by atoms with Crippen LogP contribution in [0, 0.1) is 6.92 Å². The maximum Gasteiger partial charge on any atom is 0.388 e. The van der Waals surface area contributed by atoms with Gasteiger partial charge in [0.1, 0.15) is 15.7 Å². The van der Waals surface area contributed by atoms with Crippen LogP contribution in [0.25, 0.3) is 22.4 Å². The Hall–Kier alpha value is -1.67. The summed E-state index contributed by atoms with van der Waals surface area (Å²) in [6.45, 7) is -1.25. The smallest absolute Gasteiger partial charge is 0.388 e. The van der Waals surface area contributed by atoms with Gasteiger partial charge in [0.25, 0.3) is 0 Å². The standard InChI is InChI=1S/C13H9BrClF2N3O2/c1-5-18-10-6(3-4-7(15)11(10)21-5)9-8(14)12(20(2)19-9)22-13(16)17/h3-4,13H,1-2H3. The summed E-state index contributed by atoms with van der Waals surface area (Å²) >= 11 is 9.33. The molecule has 0 aliphatic heterocycles. The number of oxazole rings is 1. The monoisotopic (exact) mass is 391 g/mol. The Bertz CT molecular complexity index is 863. The van der Waals surface area contributed by atoms with E-state index < -0.39 is 6.61 Å². The van der Waals surface area contributed by atoms with E-state index in [0.29, 0.717) is 37.7 Å². The first-order valence-electron chi connectivity index (χ1n) is 6.11. The third kappa shape index (κ3) is 2.46. The van der Waals surface area contributed by atoms with E-state index >= 15 is 0 Å². The zero-order valence-electron chi connectivity index (χ0n) is 11.4. The fourth-order valence-corrected chi connectivity index (χ4v) is 2.97. The Morgan fingerprint density at radius 2 is 2.14 bits per heavy atom. The van der Waals surface area contributed by atoms with E-state index in [1.165, 1.54) is 11.7 Å². The molecule has 0 unspecified atom stereocenters. The van der Waals surface area contributed by atoms with Gasteiger partial charge in [0.2, 0.25) is 5.88 Å². The molecule has 0 spiro atoms. The van der Waals surface area contributed by atoms with Crippen molar-refractivity contribution in [2.75, 3.05) is 0 Å². The Balaban J connectivity index is 2.22. The van der Waals surface area contributed by atoms with Gasteiger partial charge in [-0.3, -0.25) is 0 Å². The molecule has 22 heavy (non-hydrogen) atoms. The van der Waals surface area contributed by atoms with Crippen molar-refractivity contribution in [2.24, 2.45) is 7.05 Å². The topological polar surface area (TPSA) is 53.1 Å². The van der Waals surface area contributed by atoms with Crippen molar-refractivity contribution in [1.29, 1.82) is 0 Å². The summed E-state index contributed by atoms with van der Waals surface area (Å²) in [6, 6.07) is 3.34. The summed E-state index contributed by atoms with van der Waals surface area (Å²) in [5.74, 6) is 0.369. The highest BCUT2D eigenvalue weighted by Gasteiger charge is 2.23. The van der Waals surface area contributed by atoms with Crippen LogP contribution >= 0.6 is 27.5 Å². The van der Waals surface area contributed by atoms with Gasteiger partial charge in [-0.25, -0.2) is 9.67 Å². The highest BCUT2D eigenvalue weighted by molar-refractivity contribution is 9.10. The Kier molecular flexibility index (Phi) is 3.82. The van der Waals surface area contributed by atoms with Gasteiger partial charge in [-0.05, 0) is 28.1 Å². The highest BCUT2D eigenvalue weighted by Crippen LogP contribution is 2.40. The van der Waals surface area contributed by atoms with Crippen LogP contribution < -0.4 is 4.74 Å². The number of aryl methyl sites for hydroxylation is 2. The second kappa shape index (κ2) is 5.51. The second-order valence-electron chi connectivity index (χ2n) is 4.48. The molecule has 9 heteroatoms. The fourth-order valence-electron chi connectivity index (χ4n) is 2.14. The molecule has 0 aliphatic carbocycles. The Morgan fingerprint density at radius 3 is 2.82 bits per heavy atom. The number of hydrogen-bond acceptors (Lipinski definition) is 4. The van der Waals surface area contributed by atoms with Gasteiger partial charge in [-0.15, -0.1) is 0 Å². The SMILES string of the molecule is Cc1nc2c(-c3nn(C)c(OC(F)F)c3Br)ccc(Cl)c2o1. The van der Waals surface area contributed by atoms with E-state index in [-0.39, 0.29) is 5.88 Å². The summed E-state index contributed by atoms with van der Waals surface area (Å²) in [4.78, 5) is 4.28. The van der Waals surface area contributed by atoms with Crippen LogP contribution in [0.15, 0.2) is 21.0 Å². The number of halogens is 4. The minimum absolute atomic E-state index is 0.0756. The Labute approximate surface area is 137 Å². The van der Waals surface area contributed by atoms with Crippen LogP contribution in [0.3, 0.4) is 0 Å². The van der Waals surface area contributed by atoms with Crippen molar-refractivity contribution in [3.8, 4) is 17.1 Å². The summed E-state index contributed by atoms with van der Waals surface area (Å²) in [5.41, 5.74) is 1.94. The quantitative estimate of drug-likeness (QED) is 0.656. The zero-order chi connectivity index (χ0) is 16.0. The van der Waals surface area contributed by atoms with Crippen LogP contribution in [0.2, 0.25) is 5.02 Å². The number of alkyl halides is 2. The van der Waals surface area contributed by atoms with E-state index in [0.717, 1.165) is 0 Å². The molecule has 0 radical (unpaired) electrons. The lowest BCUT2D eigenvalue weighted by Gasteiger charge is -2.04. The first-order chi connectivity index (χ1) is 10.4. The molecule has 2 heterocycles. The summed E-state index contributed by atoms with van der Waals surface area (Å²) < 4.78 is 36.4. The summed E-state index contributed by atoms with van der Waals surface area (Å²) in [5, 5.41) is 4.62. The van der Waals surface area contributed by atoms with Gasteiger partial charge in [0, 0.05) is 19.5 Å². The first kappa shape index (κ1) is 15.2. The van der Waals surface area contributed by atoms with E-state index in [1.54, 1.807) is 19.1 Å². The number of fused-ring (bicyclic) bond motifs is 1. The molecule has 116 valence electrons. The number of hydrogen-bond donors (Lipinski definition) is 0. The molecule has 0 saturated carbocycles. The predicted molar refractivity (Wildman–Crippen MR) is 80.3 cm³/mol. The number of rotatable bonds is 3. The van der Waals surface area contributed by atoms with Crippen molar-refractivity contribution in [3.05, 3.63) is 27.5 Å². The van der Waals surface area contributed by atoms with Gasteiger partial charge >= 0.3 is 6.61 Å². The fraction of sp³-hybridized carbons (Fsp3) is 0.231. The number of nitrogens with zero attached hydrogens (tertiary/aromatic N) is 3. The third-order valence-corrected chi connectivity index (χ3v) is 4.01. The van der Waals surface area contributed by atoms with Crippen LogP contribution in [-0.4, -0.2) is 21.4 Å². The van der Waals surface area contributed by atoms with Crippen LogP contribution in [0.4, 0.5) is 8.78 Å². The zero-order valence-corrected chi connectivity index (χ0v) is 13.7. The lowest BCUT2D eigenvalue weighted by molar-refractivity contribution is -0.0558. The number of aromatic nitrogens is 3. The second-order valence-corrected chi connectivity index (χ2v) is 5.68. The van der Waals surface area contributed by atoms with Crippen molar-refractivity contribution in [3.63, 3.8) is 0 Å². The third-order valence-electron chi connectivity index (χ3n) is 3.00. The normalized spacial score (nSPS) is 11.6. The maximum atomic E-state index is 12.5. The number of ether oxygens (including phenoxy) is 1. The molecule has 0 fully saturated rings. The van der Waals surface area contributed by atoms with Gasteiger partial charge in [0.05, 0.1) is 5.02 Å². The molecule has 3 rings (SSSR count). The molecule has 2 aromatic heterocycles. The van der Waals surface area contributed by atoms with Crippen molar-refractivity contribution in [2.45, 2.75) is 13.5 Å². The van der Waals surface area contributed by atoms with Crippen LogP contribution in [0.1, 0.15) is 5.89 Å².